The van der Waals surface area contributed by atoms with E-state index in [4.69, 9.17) is 11.6 Å². The van der Waals surface area contributed by atoms with Gasteiger partial charge in [-0.1, -0.05) is 23.7 Å². The Morgan fingerprint density at radius 3 is 2.21 bits per heavy atom. The summed E-state index contributed by atoms with van der Waals surface area (Å²) in [7, 11) is 0. The number of imide groups is 2. The number of benzene rings is 2. The Bertz CT molecular complexity index is 860. The van der Waals surface area contributed by atoms with Crippen LogP contribution < -0.4 is 10.2 Å². The molecule has 1 aliphatic heterocycles. The Morgan fingerprint density at radius 2 is 1.58 bits per heavy atom. The number of carbonyl (C=O) groups is 3. The first kappa shape index (κ1) is 15.9. The van der Waals surface area contributed by atoms with Gasteiger partial charge < -0.3 is 0 Å². The number of amides is 4. The zero-order valence-corrected chi connectivity index (χ0v) is 12.9. The largest absolute Gasteiger partial charge is 0.335 e. The number of rotatable bonds is 2. The lowest BCUT2D eigenvalue weighted by molar-refractivity contribution is -0.122. The Labute approximate surface area is 141 Å². The summed E-state index contributed by atoms with van der Waals surface area (Å²) in [5.41, 5.74) is 0.529. The molecule has 1 aliphatic rings. The molecule has 4 amide bonds. The maximum atomic E-state index is 13.0. The van der Waals surface area contributed by atoms with E-state index in [0.717, 1.165) is 17.0 Å². The molecule has 0 aromatic heterocycles. The van der Waals surface area contributed by atoms with Crippen LogP contribution in [-0.4, -0.2) is 17.8 Å². The lowest BCUT2D eigenvalue weighted by Crippen LogP contribution is -2.54. The molecule has 24 heavy (non-hydrogen) atoms. The summed E-state index contributed by atoms with van der Waals surface area (Å²) in [4.78, 5) is 37.3. The van der Waals surface area contributed by atoms with Gasteiger partial charge in [-0.05, 0) is 48.0 Å². The molecule has 0 aliphatic carbocycles. The van der Waals surface area contributed by atoms with Gasteiger partial charge in [-0.2, -0.15) is 0 Å². The fourth-order valence-electron chi connectivity index (χ4n) is 2.21. The summed E-state index contributed by atoms with van der Waals surface area (Å²) in [6.07, 6.45) is 1.36. The Hall–Kier alpha value is -2.99. The van der Waals surface area contributed by atoms with E-state index < -0.39 is 23.7 Å². The highest BCUT2D eigenvalue weighted by atomic mass is 35.5. The monoisotopic (exact) mass is 344 g/mol. The Balaban J connectivity index is 1.99. The number of nitrogens with one attached hydrogen (secondary N) is 1. The van der Waals surface area contributed by atoms with Crippen molar-refractivity contribution in [3.8, 4) is 0 Å². The van der Waals surface area contributed by atoms with Crippen molar-refractivity contribution in [3.63, 3.8) is 0 Å². The summed E-state index contributed by atoms with van der Waals surface area (Å²) < 4.78 is 13.0. The van der Waals surface area contributed by atoms with Gasteiger partial charge in [-0.3, -0.25) is 14.9 Å². The molecule has 0 spiro atoms. The molecule has 7 heteroatoms. The Kier molecular flexibility index (Phi) is 4.14. The van der Waals surface area contributed by atoms with Gasteiger partial charge in [0.2, 0.25) is 0 Å². The van der Waals surface area contributed by atoms with Gasteiger partial charge in [0.05, 0.1) is 5.69 Å². The first-order chi connectivity index (χ1) is 11.5. The molecular formula is C17H10ClFN2O3. The van der Waals surface area contributed by atoms with E-state index in [2.05, 4.69) is 5.32 Å². The standard InChI is InChI=1S/C17H10ClFN2O3/c18-11-3-1-10(2-4-11)9-14-15(22)20-17(24)21(16(14)23)13-7-5-12(19)6-8-13/h1-9H,(H,20,22,24)/b14-9+. The van der Waals surface area contributed by atoms with Gasteiger partial charge in [-0.25, -0.2) is 14.1 Å². The molecule has 0 unspecified atom stereocenters. The molecule has 2 aromatic carbocycles. The van der Waals surface area contributed by atoms with Crippen LogP contribution >= 0.6 is 11.6 Å². The number of carbonyl (C=O) groups excluding carboxylic acids is 3. The molecule has 3 rings (SSSR count). The van der Waals surface area contributed by atoms with E-state index in [1.165, 1.54) is 18.2 Å². The molecule has 0 bridgehead atoms. The zero-order chi connectivity index (χ0) is 17.3. The molecular weight excluding hydrogens is 335 g/mol. The number of hydrogen-bond donors (Lipinski definition) is 1. The van der Waals surface area contributed by atoms with Crippen molar-refractivity contribution < 1.29 is 18.8 Å². The second kappa shape index (κ2) is 6.25. The van der Waals surface area contributed by atoms with Crippen LogP contribution in [0.15, 0.2) is 54.1 Å². The van der Waals surface area contributed by atoms with E-state index in [1.807, 2.05) is 0 Å². The third kappa shape index (κ3) is 3.04. The van der Waals surface area contributed by atoms with E-state index in [1.54, 1.807) is 24.3 Å². The highest BCUT2D eigenvalue weighted by Crippen LogP contribution is 2.22. The molecule has 1 fully saturated rings. The van der Waals surface area contributed by atoms with E-state index in [9.17, 15) is 18.8 Å². The number of nitrogens with zero attached hydrogens (tertiary/aromatic N) is 1. The van der Waals surface area contributed by atoms with Crippen LogP contribution in [0.1, 0.15) is 5.56 Å². The minimum absolute atomic E-state index is 0.161. The zero-order valence-electron chi connectivity index (χ0n) is 12.1. The van der Waals surface area contributed by atoms with Gasteiger partial charge in [0.25, 0.3) is 11.8 Å². The molecule has 5 nitrogen and oxygen atoms in total. The SMILES string of the molecule is O=C1NC(=O)N(c2ccc(F)cc2)C(=O)/C1=C/c1ccc(Cl)cc1. The Morgan fingerprint density at radius 1 is 0.958 bits per heavy atom. The second-order valence-corrected chi connectivity index (χ2v) is 5.42. The van der Waals surface area contributed by atoms with Crippen LogP contribution in [0.3, 0.4) is 0 Å². The summed E-state index contributed by atoms with van der Waals surface area (Å²) >= 11 is 5.80. The lowest BCUT2D eigenvalue weighted by atomic mass is 10.1. The quantitative estimate of drug-likeness (QED) is 0.672. The fraction of sp³-hybridized carbons (Fsp3) is 0. The fourth-order valence-corrected chi connectivity index (χ4v) is 2.33. The predicted octanol–water partition coefficient (Wildman–Crippen LogP) is 3.15. The number of barbiturate groups is 1. The summed E-state index contributed by atoms with van der Waals surface area (Å²) in [6.45, 7) is 0. The minimum Gasteiger partial charge on any atom is -0.273 e. The average molecular weight is 345 g/mol. The maximum Gasteiger partial charge on any atom is 0.335 e. The van der Waals surface area contributed by atoms with E-state index in [-0.39, 0.29) is 11.3 Å². The van der Waals surface area contributed by atoms with E-state index in [0.29, 0.717) is 10.6 Å². The molecule has 1 heterocycles. The molecule has 2 aromatic rings. The minimum atomic E-state index is -0.884. The van der Waals surface area contributed by atoms with E-state index >= 15 is 0 Å². The van der Waals surface area contributed by atoms with Crippen LogP contribution in [0.2, 0.25) is 5.02 Å². The second-order valence-electron chi connectivity index (χ2n) is 4.99. The molecule has 0 atom stereocenters. The van der Waals surface area contributed by atoms with Crippen molar-refractivity contribution in [2.75, 3.05) is 4.90 Å². The molecule has 0 saturated carbocycles. The first-order valence-corrected chi connectivity index (χ1v) is 7.26. The third-order valence-electron chi connectivity index (χ3n) is 3.37. The lowest BCUT2D eigenvalue weighted by Gasteiger charge is -2.26. The van der Waals surface area contributed by atoms with Crippen LogP contribution in [0.4, 0.5) is 14.9 Å². The first-order valence-electron chi connectivity index (χ1n) is 6.88. The molecule has 0 radical (unpaired) electrons. The van der Waals surface area contributed by atoms with Crippen molar-refractivity contribution in [2.45, 2.75) is 0 Å². The van der Waals surface area contributed by atoms with Crippen LogP contribution in [-0.2, 0) is 9.59 Å². The number of halogens is 2. The summed E-state index contributed by atoms with van der Waals surface area (Å²) in [5, 5.41) is 2.61. The van der Waals surface area contributed by atoms with Gasteiger partial charge in [0.1, 0.15) is 11.4 Å². The van der Waals surface area contributed by atoms with Crippen LogP contribution in [0, 0.1) is 5.82 Å². The van der Waals surface area contributed by atoms with Gasteiger partial charge in [0.15, 0.2) is 0 Å². The molecule has 1 saturated heterocycles. The normalized spacial score (nSPS) is 16.5. The maximum absolute atomic E-state index is 13.0. The van der Waals surface area contributed by atoms with Crippen molar-refractivity contribution in [2.24, 2.45) is 0 Å². The van der Waals surface area contributed by atoms with Gasteiger partial charge in [0, 0.05) is 5.02 Å². The highest BCUT2D eigenvalue weighted by Gasteiger charge is 2.36. The van der Waals surface area contributed by atoms with Crippen molar-refractivity contribution in [1.82, 2.24) is 5.32 Å². The predicted molar refractivity (Wildman–Crippen MR) is 86.9 cm³/mol. The smallest absolute Gasteiger partial charge is 0.273 e. The van der Waals surface area contributed by atoms with Crippen LogP contribution in [0.25, 0.3) is 6.08 Å². The number of hydrogen-bond acceptors (Lipinski definition) is 3. The number of anilines is 1. The van der Waals surface area contributed by atoms with Crippen molar-refractivity contribution in [3.05, 3.63) is 70.5 Å². The van der Waals surface area contributed by atoms with Crippen LogP contribution in [0.5, 0.6) is 0 Å². The average Bonchev–Trinajstić information content (AvgIpc) is 2.55. The van der Waals surface area contributed by atoms with Gasteiger partial charge in [-0.15, -0.1) is 0 Å². The van der Waals surface area contributed by atoms with Crippen molar-refractivity contribution in [1.29, 1.82) is 0 Å². The summed E-state index contributed by atoms with van der Waals surface area (Å²) in [5.74, 6) is -2.08. The molecule has 120 valence electrons. The third-order valence-corrected chi connectivity index (χ3v) is 3.62. The van der Waals surface area contributed by atoms with Gasteiger partial charge >= 0.3 is 6.03 Å². The highest BCUT2D eigenvalue weighted by molar-refractivity contribution is 6.39. The topological polar surface area (TPSA) is 66.5 Å². The van der Waals surface area contributed by atoms with Crippen molar-refractivity contribution >= 4 is 41.2 Å². The number of urea groups is 1. The molecule has 1 N–H and O–H groups in total. The summed E-state index contributed by atoms with van der Waals surface area (Å²) in [6, 6.07) is 10.4.